The molecule has 0 bridgehead atoms. The number of rotatable bonds is 16. The normalized spacial score (nSPS) is 12.3. The van der Waals surface area contributed by atoms with Crippen LogP contribution in [-0.2, 0) is 9.47 Å². The minimum atomic E-state index is -0.612. The van der Waals surface area contributed by atoms with Crippen molar-refractivity contribution >= 4 is 102 Å². The molecule has 18 heteroatoms. The van der Waals surface area contributed by atoms with E-state index >= 15 is 0 Å². The first-order valence-corrected chi connectivity index (χ1v) is 25.6. The van der Waals surface area contributed by atoms with Gasteiger partial charge in [-0.25, -0.2) is 19.6 Å². The molecule has 9 rings (SSSR count). The lowest BCUT2D eigenvalue weighted by Gasteiger charge is -2.16. The summed E-state index contributed by atoms with van der Waals surface area (Å²) in [5.74, 6) is -0.524. The molecule has 0 saturated heterocycles. The number of ether oxygens (including phenoxy) is 2. The van der Waals surface area contributed by atoms with Gasteiger partial charge in [0.1, 0.15) is 30.9 Å². The number of nitrogens with one attached hydrogen (secondary N) is 4. The highest BCUT2D eigenvalue weighted by atomic mass is 79.9. The largest absolute Gasteiger partial charge is 0.449 e. The maximum atomic E-state index is 13.7. The molecule has 354 valence electrons. The number of carbonyl (C=O) groups excluding carboxylic acids is 4. The summed E-state index contributed by atoms with van der Waals surface area (Å²) in [5.41, 5.74) is 23.4. The Morgan fingerprint density at radius 2 is 0.886 bits per heavy atom. The number of fused-ring (bicyclic) bond motifs is 6. The Labute approximate surface area is 428 Å². The number of halogens is 2. The number of aromatic nitrogens is 2. The number of alkyl carbamates (subject to hydrolysis) is 2. The number of amides is 4. The maximum Gasteiger partial charge on any atom is 0.407 e. The van der Waals surface area contributed by atoms with Gasteiger partial charge < -0.3 is 42.2 Å². The minimum absolute atomic E-state index is 0.0591. The van der Waals surface area contributed by atoms with Gasteiger partial charge in [0.25, 0.3) is 11.8 Å². The molecule has 0 spiro atoms. The Kier molecular flexibility index (Phi) is 15.0. The molecule has 2 aliphatic carbocycles. The van der Waals surface area contributed by atoms with Gasteiger partial charge in [-0.2, -0.15) is 0 Å². The molecular weight excluding hydrogens is 1060 g/mol. The number of nitrogens with zero attached hydrogens (tertiary/aromatic N) is 2. The van der Waals surface area contributed by atoms with Gasteiger partial charge in [-0.05, 0) is 68.8 Å². The zero-order valence-corrected chi connectivity index (χ0v) is 42.0. The topological polar surface area (TPSA) is 213 Å². The van der Waals surface area contributed by atoms with E-state index in [9.17, 15) is 19.2 Å². The van der Waals surface area contributed by atoms with E-state index in [1.165, 1.54) is 29.6 Å². The van der Waals surface area contributed by atoms with Crippen molar-refractivity contribution in [3.63, 3.8) is 0 Å². The molecule has 0 atom stereocenters. The third kappa shape index (κ3) is 10.8. The van der Waals surface area contributed by atoms with Crippen molar-refractivity contribution in [1.82, 2.24) is 20.6 Å². The summed E-state index contributed by atoms with van der Waals surface area (Å²) in [7, 11) is 0. The van der Waals surface area contributed by atoms with Gasteiger partial charge >= 0.3 is 12.2 Å². The molecule has 8 N–H and O–H groups in total. The standard InChI is InChI=1S/C52H44Br2N8O6S2/c53-29-21-41(55)47(69-19-17-57-51(65)67-26-39-35-13-5-1-9-31(35)32-10-2-6-14-36(32)39)43(23-29)61-49(63)45-25-46(60-28-59-45)50(64)62-44-24-30(54)22-42(56)48(44)70-20-18-58-52(66)68-27-40-37-15-7-3-11-33(37)34-12-4-8-16-38(34)40/h1-16,21-25,28,39-40H,17-20,26-27,55-56H2,(H,57,65)(H,58,66)(H,61,63)(H,62,64). The van der Waals surface area contributed by atoms with Crippen LogP contribution in [0.15, 0.2) is 152 Å². The van der Waals surface area contributed by atoms with Gasteiger partial charge in [-0.3, -0.25) is 9.59 Å². The summed E-state index contributed by atoms with van der Waals surface area (Å²) in [6, 6.07) is 40.7. The second-order valence-electron chi connectivity index (χ2n) is 16.1. The van der Waals surface area contributed by atoms with E-state index in [1.807, 2.05) is 48.5 Å². The summed E-state index contributed by atoms with van der Waals surface area (Å²) in [6.45, 7) is 0.912. The van der Waals surface area contributed by atoms with Crippen LogP contribution >= 0.6 is 55.4 Å². The van der Waals surface area contributed by atoms with Crippen molar-refractivity contribution in [2.75, 3.05) is 59.9 Å². The van der Waals surface area contributed by atoms with Crippen LogP contribution in [0.1, 0.15) is 55.1 Å². The van der Waals surface area contributed by atoms with E-state index < -0.39 is 24.0 Å². The molecule has 70 heavy (non-hydrogen) atoms. The summed E-state index contributed by atoms with van der Waals surface area (Å²) in [5, 5.41) is 11.4. The lowest BCUT2D eigenvalue weighted by atomic mass is 9.98. The van der Waals surface area contributed by atoms with Gasteiger partial charge in [-0.15, -0.1) is 23.5 Å². The Bertz CT molecular complexity index is 2870. The fourth-order valence-electron chi connectivity index (χ4n) is 8.63. The molecule has 6 aromatic carbocycles. The molecule has 7 aromatic rings. The van der Waals surface area contributed by atoms with Crippen LogP contribution in [0.5, 0.6) is 0 Å². The fraction of sp³-hybridized carbons (Fsp3) is 0.154. The van der Waals surface area contributed by atoms with Gasteiger partial charge in [0.05, 0.1) is 21.2 Å². The molecule has 4 amide bonds. The number of thioether (sulfide) groups is 2. The monoisotopic (exact) mass is 1100 g/mol. The van der Waals surface area contributed by atoms with E-state index in [0.29, 0.717) is 53.0 Å². The van der Waals surface area contributed by atoms with Gasteiger partial charge in [0.15, 0.2) is 0 Å². The van der Waals surface area contributed by atoms with Crippen molar-refractivity contribution < 1.29 is 28.7 Å². The molecule has 1 heterocycles. The second-order valence-corrected chi connectivity index (χ2v) is 20.2. The van der Waals surface area contributed by atoms with Crippen LogP contribution in [0.4, 0.5) is 32.3 Å². The number of hydrogen-bond acceptors (Lipinski definition) is 12. The molecule has 2 aliphatic rings. The van der Waals surface area contributed by atoms with Gasteiger partial charge in [0, 0.05) is 62.8 Å². The quantitative estimate of drug-likeness (QED) is 0.0303. The maximum absolute atomic E-state index is 13.7. The molecule has 0 radical (unpaired) electrons. The van der Waals surface area contributed by atoms with E-state index in [2.05, 4.69) is 112 Å². The van der Waals surface area contributed by atoms with Crippen LogP contribution in [-0.4, -0.2) is 71.8 Å². The number of hydrogen-bond donors (Lipinski definition) is 6. The number of anilines is 4. The summed E-state index contributed by atoms with van der Waals surface area (Å²) in [6.07, 6.45) is 0.0496. The predicted molar refractivity (Wildman–Crippen MR) is 283 cm³/mol. The van der Waals surface area contributed by atoms with Crippen LogP contribution in [0, 0.1) is 0 Å². The summed E-state index contributed by atoms with van der Waals surface area (Å²) < 4.78 is 12.6. The number of nitrogen functional groups attached to an aromatic ring is 2. The van der Waals surface area contributed by atoms with E-state index in [4.69, 9.17) is 20.9 Å². The van der Waals surface area contributed by atoms with Crippen molar-refractivity contribution in [2.45, 2.75) is 21.6 Å². The molecule has 14 nitrogen and oxygen atoms in total. The molecule has 0 fully saturated rings. The first-order chi connectivity index (χ1) is 34.0. The first kappa shape index (κ1) is 48.2. The smallest absolute Gasteiger partial charge is 0.407 e. The van der Waals surface area contributed by atoms with E-state index in [0.717, 1.165) is 50.8 Å². The zero-order valence-electron chi connectivity index (χ0n) is 37.2. The Balaban J connectivity index is 0.765. The van der Waals surface area contributed by atoms with E-state index in [-0.39, 0.29) is 49.5 Å². The minimum Gasteiger partial charge on any atom is -0.449 e. The first-order valence-electron chi connectivity index (χ1n) is 22.1. The highest BCUT2D eigenvalue weighted by Crippen LogP contribution is 2.46. The molecule has 0 saturated carbocycles. The number of carbonyl (C=O) groups is 4. The van der Waals surface area contributed by atoms with Crippen molar-refractivity contribution in [1.29, 1.82) is 0 Å². The number of nitrogens with two attached hydrogens (primary N) is 2. The third-order valence-electron chi connectivity index (χ3n) is 11.7. The third-order valence-corrected chi connectivity index (χ3v) is 14.9. The van der Waals surface area contributed by atoms with Gasteiger partial charge in [0.2, 0.25) is 0 Å². The van der Waals surface area contributed by atoms with E-state index in [1.54, 1.807) is 24.3 Å². The molecule has 0 aliphatic heterocycles. The highest BCUT2D eigenvalue weighted by molar-refractivity contribution is 9.10. The van der Waals surface area contributed by atoms with Crippen molar-refractivity contribution in [3.8, 4) is 22.3 Å². The zero-order chi connectivity index (χ0) is 48.7. The molecule has 1 aromatic heterocycles. The molecule has 0 unspecified atom stereocenters. The average Bonchev–Trinajstić information content (AvgIpc) is 3.86. The fourth-order valence-corrected chi connectivity index (χ4v) is 11.4. The summed E-state index contributed by atoms with van der Waals surface area (Å²) in [4.78, 5) is 62.4. The Morgan fingerprint density at radius 1 is 0.529 bits per heavy atom. The highest BCUT2D eigenvalue weighted by Gasteiger charge is 2.30. The summed E-state index contributed by atoms with van der Waals surface area (Å²) >= 11 is 9.60. The lowest BCUT2D eigenvalue weighted by Crippen LogP contribution is -2.28. The number of benzene rings is 6. The average molecular weight is 1100 g/mol. The van der Waals surface area contributed by atoms with Crippen molar-refractivity contribution in [2.24, 2.45) is 0 Å². The molecular formula is C52H44Br2N8O6S2. The predicted octanol–water partition coefficient (Wildman–Crippen LogP) is 10.9. The van der Waals surface area contributed by atoms with Crippen LogP contribution < -0.4 is 32.7 Å². The van der Waals surface area contributed by atoms with Crippen LogP contribution in [0.2, 0.25) is 0 Å². The van der Waals surface area contributed by atoms with Crippen LogP contribution in [0.3, 0.4) is 0 Å². The van der Waals surface area contributed by atoms with Crippen molar-refractivity contribution in [3.05, 3.63) is 176 Å². The SMILES string of the molecule is Nc1cc(Br)cc(NC(=O)c2cc(C(=O)Nc3cc(Br)cc(N)c3SCCNC(=O)OCC3c4ccccc4-c4ccccc43)ncn2)c1SCCNC(=O)OCC1c2ccccc2-c2ccccc21. The Morgan fingerprint density at radius 3 is 1.26 bits per heavy atom. The van der Waals surface area contributed by atoms with Gasteiger partial charge in [-0.1, -0.05) is 129 Å². The lowest BCUT2D eigenvalue weighted by molar-refractivity contribution is 0.102. The second kappa shape index (κ2) is 21.8. The van der Waals surface area contributed by atoms with Crippen LogP contribution in [0.25, 0.3) is 22.3 Å². The Hall–Kier alpha value is -6.86.